The van der Waals surface area contributed by atoms with E-state index in [1.165, 1.54) is 63.4 Å². The van der Waals surface area contributed by atoms with Crippen LogP contribution >= 0.6 is 0 Å². The molecule has 0 heterocycles. The van der Waals surface area contributed by atoms with Gasteiger partial charge in [0.15, 0.2) is 5.78 Å². The van der Waals surface area contributed by atoms with Crippen LogP contribution in [-0.4, -0.2) is 17.5 Å². The second-order valence-electron chi connectivity index (χ2n) is 11.9. The molecular formula is C27H44O2. The lowest BCUT2D eigenvalue weighted by Crippen LogP contribution is -2.50. The van der Waals surface area contributed by atoms with Crippen LogP contribution in [0.1, 0.15) is 98.3 Å². The zero-order chi connectivity index (χ0) is 20.8. The predicted molar refractivity (Wildman–Crippen MR) is 119 cm³/mol. The minimum Gasteiger partial charge on any atom is -0.396 e. The summed E-state index contributed by atoms with van der Waals surface area (Å²) in [4.78, 5) is 12.0. The summed E-state index contributed by atoms with van der Waals surface area (Å²) in [5, 5.41) is 9.31. The molecule has 4 aliphatic rings. The predicted octanol–water partition coefficient (Wildman–Crippen LogP) is 6.57. The average Bonchev–Trinajstić information content (AvgIpc) is 3.05. The van der Waals surface area contributed by atoms with Gasteiger partial charge in [0.25, 0.3) is 0 Å². The van der Waals surface area contributed by atoms with Crippen molar-refractivity contribution in [2.75, 3.05) is 6.61 Å². The van der Waals surface area contributed by atoms with Gasteiger partial charge in [-0.05, 0) is 104 Å². The maximum atomic E-state index is 12.0. The zero-order valence-corrected chi connectivity index (χ0v) is 19.4. The van der Waals surface area contributed by atoms with Crippen molar-refractivity contribution in [2.24, 2.45) is 46.3 Å². The van der Waals surface area contributed by atoms with Crippen LogP contribution in [0.2, 0.25) is 0 Å². The third kappa shape index (κ3) is 3.66. The normalized spacial score (nSPS) is 43.8. The first-order chi connectivity index (χ1) is 13.8. The number of rotatable bonds is 6. The van der Waals surface area contributed by atoms with E-state index in [9.17, 15) is 9.90 Å². The monoisotopic (exact) mass is 400 g/mol. The van der Waals surface area contributed by atoms with E-state index in [-0.39, 0.29) is 0 Å². The van der Waals surface area contributed by atoms with Gasteiger partial charge < -0.3 is 5.11 Å². The van der Waals surface area contributed by atoms with Crippen molar-refractivity contribution in [3.05, 3.63) is 11.6 Å². The molecule has 4 rings (SSSR count). The third-order valence-electron chi connectivity index (χ3n) is 10.4. The van der Waals surface area contributed by atoms with Crippen molar-refractivity contribution in [1.82, 2.24) is 0 Å². The number of aliphatic hydroxyl groups excluding tert-OH is 1. The summed E-state index contributed by atoms with van der Waals surface area (Å²) in [6.45, 7) is 10.2. The molecule has 3 saturated carbocycles. The summed E-state index contributed by atoms with van der Waals surface area (Å²) in [6, 6.07) is 0. The summed E-state index contributed by atoms with van der Waals surface area (Å²) >= 11 is 0. The third-order valence-corrected chi connectivity index (χ3v) is 10.4. The first kappa shape index (κ1) is 21.6. The fourth-order valence-electron chi connectivity index (χ4n) is 8.62. The molecule has 0 aromatic rings. The molecule has 2 nitrogen and oxygen atoms in total. The Bertz CT molecular complexity index is 651. The number of allylic oxidation sites excluding steroid dienone is 1. The average molecular weight is 401 g/mol. The molecule has 164 valence electrons. The van der Waals surface area contributed by atoms with Gasteiger partial charge in [0.2, 0.25) is 0 Å². The Morgan fingerprint density at radius 2 is 1.83 bits per heavy atom. The molecule has 3 fully saturated rings. The van der Waals surface area contributed by atoms with Crippen molar-refractivity contribution >= 4 is 5.78 Å². The molecule has 0 aromatic carbocycles. The van der Waals surface area contributed by atoms with E-state index in [0.717, 1.165) is 42.4 Å². The molecule has 0 saturated heterocycles. The molecular weight excluding hydrogens is 356 g/mol. The highest BCUT2D eigenvalue weighted by Gasteiger charge is 2.59. The molecule has 0 amide bonds. The first-order valence-corrected chi connectivity index (χ1v) is 12.6. The topological polar surface area (TPSA) is 37.3 Å². The highest BCUT2D eigenvalue weighted by atomic mass is 16.3. The van der Waals surface area contributed by atoms with E-state index < -0.39 is 0 Å². The SMILES string of the molecule is C[C@H](CO)CCC[C@@H](C)[C@H]1CC[C@@H]2[C@H]3CCC4=CC(=O)CC[C@@]4(C)[C@@H]3CC[C@]21C. The molecule has 1 N–H and O–H groups in total. The van der Waals surface area contributed by atoms with Gasteiger partial charge in [-0.15, -0.1) is 0 Å². The van der Waals surface area contributed by atoms with Crippen molar-refractivity contribution in [1.29, 1.82) is 0 Å². The fraction of sp³-hybridized carbons (Fsp3) is 0.889. The van der Waals surface area contributed by atoms with Crippen molar-refractivity contribution in [3.8, 4) is 0 Å². The quantitative estimate of drug-likeness (QED) is 0.547. The van der Waals surface area contributed by atoms with Crippen LogP contribution in [0.3, 0.4) is 0 Å². The Balaban J connectivity index is 1.46. The van der Waals surface area contributed by atoms with Gasteiger partial charge in [-0.2, -0.15) is 0 Å². The smallest absolute Gasteiger partial charge is 0.155 e. The summed E-state index contributed by atoms with van der Waals surface area (Å²) in [7, 11) is 0. The molecule has 0 aliphatic heterocycles. The van der Waals surface area contributed by atoms with Gasteiger partial charge in [-0.25, -0.2) is 0 Å². The number of aliphatic hydroxyl groups is 1. The lowest BCUT2D eigenvalue weighted by atomic mass is 9.46. The van der Waals surface area contributed by atoms with E-state index in [1.807, 2.05) is 6.08 Å². The van der Waals surface area contributed by atoms with Crippen LogP contribution in [-0.2, 0) is 4.79 Å². The Hall–Kier alpha value is -0.630. The molecule has 0 spiro atoms. The number of carbonyl (C=O) groups is 1. The van der Waals surface area contributed by atoms with Crippen molar-refractivity contribution in [3.63, 3.8) is 0 Å². The molecule has 0 radical (unpaired) electrons. The molecule has 0 unspecified atom stereocenters. The number of hydrogen-bond donors (Lipinski definition) is 1. The van der Waals surface area contributed by atoms with Crippen LogP contribution in [0.25, 0.3) is 0 Å². The van der Waals surface area contributed by atoms with E-state index in [1.54, 1.807) is 0 Å². The number of ketones is 1. The van der Waals surface area contributed by atoms with Gasteiger partial charge in [0.05, 0.1) is 0 Å². The van der Waals surface area contributed by atoms with Crippen LogP contribution in [0.15, 0.2) is 11.6 Å². The van der Waals surface area contributed by atoms with Gasteiger partial charge in [0.1, 0.15) is 0 Å². The second-order valence-corrected chi connectivity index (χ2v) is 11.9. The van der Waals surface area contributed by atoms with Gasteiger partial charge in [-0.1, -0.05) is 46.1 Å². The van der Waals surface area contributed by atoms with Gasteiger partial charge >= 0.3 is 0 Å². The maximum Gasteiger partial charge on any atom is 0.155 e. The number of fused-ring (bicyclic) bond motifs is 5. The zero-order valence-electron chi connectivity index (χ0n) is 19.4. The molecule has 8 atom stereocenters. The molecule has 0 aromatic heterocycles. The minimum atomic E-state index is 0.308. The molecule has 4 aliphatic carbocycles. The second kappa shape index (κ2) is 8.13. The first-order valence-electron chi connectivity index (χ1n) is 12.6. The lowest BCUT2D eigenvalue weighted by Gasteiger charge is -2.58. The number of carbonyl (C=O) groups excluding carboxylic acids is 1. The summed E-state index contributed by atoms with van der Waals surface area (Å²) in [5.41, 5.74) is 2.34. The highest BCUT2D eigenvalue weighted by molar-refractivity contribution is 5.91. The van der Waals surface area contributed by atoms with Gasteiger partial charge in [-0.3, -0.25) is 4.79 Å². The Morgan fingerprint density at radius 3 is 2.59 bits per heavy atom. The van der Waals surface area contributed by atoms with E-state index in [2.05, 4.69) is 27.7 Å². The lowest BCUT2D eigenvalue weighted by molar-refractivity contribution is -0.117. The molecule has 0 bridgehead atoms. The summed E-state index contributed by atoms with van der Waals surface area (Å²) in [6.07, 6.45) is 15.8. The number of hydrogen-bond acceptors (Lipinski definition) is 2. The van der Waals surface area contributed by atoms with Crippen LogP contribution in [0, 0.1) is 46.3 Å². The van der Waals surface area contributed by atoms with Crippen LogP contribution in [0.4, 0.5) is 0 Å². The van der Waals surface area contributed by atoms with E-state index >= 15 is 0 Å². The van der Waals surface area contributed by atoms with Gasteiger partial charge in [0, 0.05) is 13.0 Å². The molecule has 2 heteroatoms. The van der Waals surface area contributed by atoms with Crippen LogP contribution in [0.5, 0.6) is 0 Å². The summed E-state index contributed by atoms with van der Waals surface area (Å²) in [5.74, 6) is 5.13. The van der Waals surface area contributed by atoms with Crippen molar-refractivity contribution in [2.45, 2.75) is 98.3 Å². The largest absolute Gasteiger partial charge is 0.396 e. The van der Waals surface area contributed by atoms with Crippen molar-refractivity contribution < 1.29 is 9.90 Å². The van der Waals surface area contributed by atoms with E-state index in [0.29, 0.717) is 29.1 Å². The Morgan fingerprint density at radius 1 is 1.03 bits per heavy atom. The van der Waals surface area contributed by atoms with E-state index in [4.69, 9.17) is 0 Å². The maximum absolute atomic E-state index is 12.0. The fourth-order valence-corrected chi connectivity index (χ4v) is 8.62. The summed E-state index contributed by atoms with van der Waals surface area (Å²) < 4.78 is 0. The molecule has 29 heavy (non-hydrogen) atoms. The minimum absolute atomic E-state index is 0.308. The highest BCUT2D eigenvalue weighted by Crippen LogP contribution is 2.67. The standard InChI is InChI=1S/C27H44O2/c1-18(17-28)6-5-7-19(2)23-10-11-24-22-9-8-20-16-21(29)12-14-26(20,3)25(22)13-15-27(23,24)4/h16,18-19,22-25,28H,5-15,17H2,1-4H3/t18-,19+,22+,23+,24+,25+,26+,27-/m0/s1. The van der Waals surface area contributed by atoms with Crippen LogP contribution < -0.4 is 0 Å². The Kier molecular flexibility index (Phi) is 6.06. The Labute approximate surface area is 178 Å².